The van der Waals surface area contributed by atoms with E-state index in [1.165, 1.54) is 33.6 Å². The van der Waals surface area contributed by atoms with Gasteiger partial charge in [-0.1, -0.05) is 13.0 Å². The normalized spacial score (nSPS) is 20.0. The number of thiophene rings is 1. The number of aryl methyl sites for hydroxylation is 1. The molecule has 152 valence electrons. The lowest BCUT2D eigenvalue weighted by Crippen LogP contribution is -3.12. The first kappa shape index (κ1) is 18.9. The molecule has 0 unspecified atom stereocenters. The second kappa shape index (κ2) is 8.34. The van der Waals surface area contributed by atoms with Gasteiger partial charge >= 0.3 is 0 Å². The highest BCUT2D eigenvalue weighted by atomic mass is 32.1. The fraction of sp³-hybridized carbons (Fsp3) is 0.500. The number of anilines is 1. The van der Waals surface area contributed by atoms with Crippen molar-refractivity contribution in [3.8, 4) is 0 Å². The fourth-order valence-electron chi connectivity index (χ4n) is 4.33. The van der Waals surface area contributed by atoms with Crippen LogP contribution in [-0.2, 0) is 30.7 Å². The summed E-state index contributed by atoms with van der Waals surface area (Å²) in [6, 6.07) is 6.03. The summed E-state index contributed by atoms with van der Waals surface area (Å²) >= 11 is 1.87. The molecule has 29 heavy (non-hydrogen) atoms. The summed E-state index contributed by atoms with van der Waals surface area (Å²) in [5, 5.41) is 4.83. The number of nitrogens with one attached hydrogen (secondary N) is 2. The van der Waals surface area contributed by atoms with E-state index >= 15 is 0 Å². The molecule has 0 amide bonds. The third-order valence-corrected chi connectivity index (χ3v) is 7.12. The molecule has 4 heterocycles. The Morgan fingerprint density at radius 1 is 1.24 bits per heavy atom. The Morgan fingerprint density at radius 3 is 2.97 bits per heavy atom. The van der Waals surface area contributed by atoms with Gasteiger partial charge < -0.3 is 15.0 Å². The van der Waals surface area contributed by atoms with E-state index in [0.29, 0.717) is 6.54 Å². The zero-order valence-corrected chi connectivity index (χ0v) is 17.7. The number of aromatic nitrogens is 3. The van der Waals surface area contributed by atoms with Crippen LogP contribution < -0.4 is 10.2 Å². The van der Waals surface area contributed by atoms with Gasteiger partial charge in [-0.25, -0.2) is 9.97 Å². The maximum absolute atomic E-state index is 5.51. The fourth-order valence-corrected chi connectivity index (χ4v) is 5.73. The van der Waals surface area contributed by atoms with E-state index in [2.05, 4.69) is 23.3 Å². The molecule has 7 heteroatoms. The zero-order chi connectivity index (χ0) is 19.6. The standard InChI is InChI=1S/C22H27N5OS/c1-15-5-6-17-18(12-15)29-22-20(17)21(24-13-16-4-2-3-7-23-16)25-19(26-22)14-27-8-10-28-11-9-27/h2-4,7,15H,5-6,8-14H2,1H3,(H,24,25,26)/p+1/t15-/m1/s1. The van der Waals surface area contributed by atoms with E-state index in [-0.39, 0.29) is 0 Å². The number of quaternary nitrogens is 1. The van der Waals surface area contributed by atoms with Crippen molar-refractivity contribution in [3.63, 3.8) is 0 Å². The van der Waals surface area contributed by atoms with Crippen LogP contribution in [0.2, 0.25) is 0 Å². The quantitative estimate of drug-likeness (QED) is 0.675. The first-order chi connectivity index (χ1) is 14.3. The van der Waals surface area contributed by atoms with Crippen LogP contribution >= 0.6 is 11.3 Å². The summed E-state index contributed by atoms with van der Waals surface area (Å²) in [4.78, 5) is 18.6. The largest absolute Gasteiger partial charge is 0.370 e. The molecule has 0 spiro atoms. The highest BCUT2D eigenvalue weighted by Crippen LogP contribution is 2.40. The van der Waals surface area contributed by atoms with E-state index in [1.807, 2.05) is 29.7 Å². The Bertz CT molecular complexity index is 984. The third-order valence-electron chi connectivity index (χ3n) is 5.97. The Kier molecular flexibility index (Phi) is 5.44. The molecule has 0 aromatic carbocycles. The Hall–Kier alpha value is -2.09. The topological polar surface area (TPSA) is 64.4 Å². The van der Waals surface area contributed by atoms with Gasteiger partial charge in [-0.2, -0.15) is 0 Å². The van der Waals surface area contributed by atoms with Crippen molar-refractivity contribution < 1.29 is 9.64 Å². The van der Waals surface area contributed by atoms with Crippen LogP contribution in [0.15, 0.2) is 24.4 Å². The molecule has 1 saturated heterocycles. The van der Waals surface area contributed by atoms with E-state index in [9.17, 15) is 0 Å². The summed E-state index contributed by atoms with van der Waals surface area (Å²) in [5.41, 5.74) is 2.49. The van der Waals surface area contributed by atoms with Gasteiger partial charge in [-0.05, 0) is 42.9 Å². The predicted molar refractivity (Wildman–Crippen MR) is 115 cm³/mol. The molecule has 3 aromatic heterocycles. The second-order valence-corrected chi connectivity index (χ2v) is 9.32. The van der Waals surface area contributed by atoms with Gasteiger partial charge in [0.25, 0.3) is 0 Å². The van der Waals surface area contributed by atoms with E-state index in [1.54, 1.807) is 0 Å². The number of nitrogens with zero attached hydrogens (tertiary/aromatic N) is 3. The molecule has 2 N–H and O–H groups in total. The van der Waals surface area contributed by atoms with Crippen LogP contribution in [0, 0.1) is 5.92 Å². The molecule has 3 aromatic rings. The lowest BCUT2D eigenvalue weighted by molar-refractivity contribution is -0.922. The molecule has 1 atom stereocenters. The van der Waals surface area contributed by atoms with Gasteiger partial charge in [0.05, 0.1) is 30.8 Å². The van der Waals surface area contributed by atoms with E-state index in [4.69, 9.17) is 14.7 Å². The first-order valence-corrected chi connectivity index (χ1v) is 11.4. The monoisotopic (exact) mass is 410 g/mol. The Balaban J connectivity index is 1.49. The molecular weight excluding hydrogens is 382 g/mol. The van der Waals surface area contributed by atoms with Crippen LogP contribution in [-0.4, -0.2) is 41.3 Å². The summed E-state index contributed by atoms with van der Waals surface area (Å²) in [7, 11) is 0. The molecule has 2 aliphatic rings. The summed E-state index contributed by atoms with van der Waals surface area (Å²) in [6.07, 6.45) is 5.39. The van der Waals surface area contributed by atoms with Crippen molar-refractivity contribution in [2.75, 3.05) is 31.6 Å². The van der Waals surface area contributed by atoms with Gasteiger partial charge in [0.15, 0.2) is 5.82 Å². The highest BCUT2D eigenvalue weighted by Gasteiger charge is 2.25. The summed E-state index contributed by atoms with van der Waals surface area (Å²) in [6.45, 7) is 7.59. The van der Waals surface area contributed by atoms with Crippen LogP contribution in [0.4, 0.5) is 5.82 Å². The van der Waals surface area contributed by atoms with E-state index < -0.39 is 0 Å². The van der Waals surface area contributed by atoms with Gasteiger partial charge in [0, 0.05) is 11.1 Å². The maximum Gasteiger partial charge on any atom is 0.187 e. The summed E-state index contributed by atoms with van der Waals surface area (Å²) in [5.74, 6) is 2.67. The van der Waals surface area contributed by atoms with Crippen molar-refractivity contribution in [1.29, 1.82) is 0 Å². The minimum absolute atomic E-state index is 0.678. The zero-order valence-electron chi connectivity index (χ0n) is 16.9. The average Bonchev–Trinajstić information content (AvgIpc) is 3.11. The molecule has 1 aliphatic carbocycles. The molecule has 5 rings (SSSR count). The molecule has 6 nitrogen and oxygen atoms in total. The minimum Gasteiger partial charge on any atom is -0.370 e. The average molecular weight is 411 g/mol. The van der Waals surface area contributed by atoms with Crippen molar-refractivity contribution in [2.24, 2.45) is 5.92 Å². The van der Waals surface area contributed by atoms with Crippen molar-refractivity contribution in [2.45, 2.75) is 39.3 Å². The smallest absolute Gasteiger partial charge is 0.187 e. The van der Waals surface area contributed by atoms with Crippen LogP contribution in [0.1, 0.15) is 35.3 Å². The van der Waals surface area contributed by atoms with Crippen molar-refractivity contribution in [3.05, 3.63) is 46.4 Å². The van der Waals surface area contributed by atoms with Crippen LogP contribution in [0.5, 0.6) is 0 Å². The number of morpholine rings is 1. The van der Waals surface area contributed by atoms with E-state index in [0.717, 1.165) is 67.4 Å². The third kappa shape index (κ3) is 4.13. The lowest BCUT2D eigenvalue weighted by atomic mass is 9.89. The number of pyridine rings is 1. The molecule has 1 aliphatic heterocycles. The van der Waals surface area contributed by atoms with Crippen molar-refractivity contribution >= 4 is 27.4 Å². The molecule has 0 saturated carbocycles. The van der Waals surface area contributed by atoms with Gasteiger partial charge in [0.2, 0.25) is 0 Å². The van der Waals surface area contributed by atoms with Crippen molar-refractivity contribution in [1.82, 2.24) is 15.0 Å². The first-order valence-electron chi connectivity index (χ1n) is 10.6. The highest BCUT2D eigenvalue weighted by molar-refractivity contribution is 7.19. The predicted octanol–water partition coefficient (Wildman–Crippen LogP) is 2.24. The van der Waals surface area contributed by atoms with Gasteiger partial charge in [-0.15, -0.1) is 11.3 Å². The van der Waals surface area contributed by atoms with Crippen LogP contribution in [0.25, 0.3) is 10.2 Å². The van der Waals surface area contributed by atoms with Gasteiger partial charge in [-0.3, -0.25) is 4.98 Å². The van der Waals surface area contributed by atoms with Gasteiger partial charge in [0.1, 0.15) is 30.3 Å². The number of hydrogen-bond donors (Lipinski definition) is 2. The molecule has 1 fully saturated rings. The Morgan fingerprint density at radius 2 is 2.14 bits per heavy atom. The Labute approximate surface area is 175 Å². The second-order valence-electron chi connectivity index (χ2n) is 8.23. The SMILES string of the molecule is C[C@@H]1CCc2c(sc3nc(C[NH+]4CCOCC4)nc(NCc4ccccn4)c23)C1. The molecule has 0 bridgehead atoms. The number of ether oxygens (including phenoxy) is 1. The maximum atomic E-state index is 5.51. The molecule has 0 radical (unpaired) electrons. The molecular formula is C22H28N5OS+. The number of hydrogen-bond acceptors (Lipinski definition) is 6. The number of rotatable bonds is 5. The minimum atomic E-state index is 0.678. The lowest BCUT2D eigenvalue weighted by Gasteiger charge is -2.23. The number of fused-ring (bicyclic) bond motifs is 3. The van der Waals surface area contributed by atoms with Crippen LogP contribution in [0.3, 0.4) is 0 Å². The summed E-state index contributed by atoms with van der Waals surface area (Å²) < 4.78 is 5.51.